The van der Waals surface area contributed by atoms with Gasteiger partial charge in [0, 0.05) is 28.0 Å². The van der Waals surface area contributed by atoms with Crippen LogP contribution in [0.3, 0.4) is 0 Å². The summed E-state index contributed by atoms with van der Waals surface area (Å²) < 4.78 is 58.4. The Morgan fingerprint density at radius 3 is 2.48 bits per heavy atom. The molecule has 1 aliphatic rings. The van der Waals surface area contributed by atoms with Crippen LogP contribution in [0.15, 0.2) is 47.4 Å². The van der Waals surface area contributed by atoms with E-state index in [0.29, 0.717) is 29.4 Å². The van der Waals surface area contributed by atoms with Crippen LogP contribution in [0, 0.1) is 12.7 Å². The number of benzene rings is 2. The average molecular weight is 463 g/mol. The van der Waals surface area contributed by atoms with Crippen LogP contribution < -0.4 is 4.72 Å². The minimum atomic E-state index is -3.88. The molecule has 1 N–H and O–H groups in total. The van der Waals surface area contributed by atoms with Crippen LogP contribution in [0.5, 0.6) is 0 Å². The summed E-state index contributed by atoms with van der Waals surface area (Å²) in [6.07, 6.45) is 2.00. The van der Waals surface area contributed by atoms with E-state index in [2.05, 4.69) is 4.72 Å². The first-order valence-corrected chi connectivity index (χ1v) is 12.9. The monoisotopic (exact) mass is 462 g/mol. The lowest BCUT2D eigenvalue weighted by Crippen LogP contribution is -2.42. The minimum Gasteiger partial charge on any atom is -0.598 e. The molecule has 8 heteroatoms. The molecular formula is C23H27FN2O3S2. The summed E-state index contributed by atoms with van der Waals surface area (Å²) >= 11 is -1.34. The Labute approximate surface area is 186 Å². The highest BCUT2D eigenvalue weighted by molar-refractivity contribution is 7.91. The Hall–Kier alpha value is -1.87. The second kappa shape index (κ2) is 7.92. The van der Waals surface area contributed by atoms with Crippen LogP contribution >= 0.6 is 0 Å². The van der Waals surface area contributed by atoms with Gasteiger partial charge >= 0.3 is 0 Å². The first kappa shape index (κ1) is 22.3. The van der Waals surface area contributed by atoms with E-state index in [9.17, 15) is 17.4 Å². The molecule has 2 aromatic carbocycles. The van der Waals surface area contributed by atoms with Gasteiger partial charge in [-0.25, -0.2) is 16.8 Å². The van der Waals surface area contributed by atoms with E-state index < -0.39 is 31.9 Å². The third-order valence-corrected chi connectivity index (χ3v) is 9.02. The summed E-state index contributed by atoms with van der Waals surface area (Å²) in [5.74, 6) is -0.429. The van der Waals surface area contributed by atoms with Crippen LogP contribution in [-0.2, 0) is 27.8 Å². The third kappa shape index (κ3) is 4.02. The van der Waals surface area contributed by atoms with E-state index in [1.54, 1.807) is 24.3 Å². The molecule has 2 atom stereocenters. The van der Waals surface area contributed by atoms with Crippen molar-refractivity contribution < 1.29 is 17.4 Å². The third-order valence-electron chi connectivity index (χ3n) is 5.64. The number of nitrogens with zero attached hydrogens (tertiary/aromatic N) is 1. The summed E-state index contributed by atoms with van der Waals surface area (Å²) in [6.45, 7) is 7.54. The highest BCUT2D eigenvalue weighted by Gasteiger charge is 2.37. The van der Waals surface area contributed by atoms with E-state index >= 15 is 0 Å². The molecule has 0 saturated carbocycles. The molecule has 1 aliphatic carbocycles. The molecule has 166 valence electrons. The standard InChI is InChI=1S/C23H27FN2O3S2/c1-15-8-11-17(12-9-15)31(28,29)26-20-13-10-16(24)14-18(20)22-19(6-5-7-21(22)26)25-30(27)23(2,3)4/h8-14,19,25H,5-7H2,1-4H3/t19-,30?/m0/s1. The Morgan fingerprint density at radius 1 is 1.16 bits per heavy atom. The smallest absolute Gasteiger partial charge is 0.268 e. The fraction of sp³-hybridized carbons (Fsp3) is 0.391. The second-order valence-corrected chi connectivity index (χ2v) is 12.8. The van der Waals surface area contributed by atoms with Crippen molar-refractivity contribution in [3.05, 3.63) is 65.1 Å². The van der Waals surface area contributed by atoms with Crippen LogP contribution in [-0.4, -0.2) is 21.7 Å². The largest absolute Gasteiger partial charge is 0.598 e. The Bertz CT molecular complexity index is 1230. The van der Waals surface area contributed by atoms with Crippen molar-refractivity contribution in [1.82, 2.24) is 8.69 Å². The fourth-order valence-corrected chi connectivity index (χ4v) is 6.50. The number of aryl methyl sites for hydroxylation is 1. The van der Waals surface area contributed by atoms with Crippen molar-refractivity contribution in [2.45, 2.75) is 62.6 Å². The zero-order chi connectivity index (χ0) is 22.6. The lowest BCUT2D eigenvalue weighted by atomic mass is 9.91. The van der Waals surface area contributed by atoms with Gasteiger partial charge in [-0.15, -0.1) is 4.72 Å². The summed E-state index contributed by atoms with van der Waals surface area (Å²) in [5, 5.41) is 0.550. The van der Waals surface area contributed by atoms with Crippen molar-refractivity contribution >= 4 is 32.3 Å². The number of fused-ring (bicyclic) bond motifs is 3. The average Bonchev–Trinajstić information content (AvgIpc) is 3.02. The predicted octanol–water partition coefficient (Wildman–Crippen LogP) is 4.76. The van der Waals surface area contributed by atoms with Gasteiger partial charge in [-0.2, -0.15) is 0 Å². The van der Waals surface area contributed by atoms with Crippen LogP contribution in [0.4, 0.5) is 4.39 Å². The van der Waals surface area contributed by atoms with Gasteiger partial charge in [-0.3, -0.25) is 0 Å². The maximum absolute atomic E-state index is 14.2. The molecule has 0 radical (unpaired) electrons. The summed E-state index contributed by atoms with van der Waals surface area (Å²) in [6, 6.07) is 10.6. The SMILES string of the molecule is Cc1ccc(S(=O)(=O)n2c3c(c4cc(F)ccc42)[C@@H](N[S+]([O-])C(C)(C)C)CCC3)cc1. The highest BCUT2D eigenvalue weighted by atomic mass is 32.2. The van der Waals surface area contributed by atoms with Gasteiger partial charge in [0.25, 0.3) is 10.0 Å². The molecular weight excluding hydrogens is 435 g/mol. The van der Waals surface area contributed by atoms with E-state index in [-0.39, 0.29) is 10.9 Å². The molecule has 1 unspecified atom stereocenters. The summed E-state index contributed by atoms with van der Waals surface area (Å²) in [5.41, 5.74) is 2.78. The van der Waals surface area contributed by atoms with Crippen LogP contribution in [0.2, 0.25) is 0 Å². The van der Waals surface area contributed by atoms with Crippen molar-refractivity contribution in [2.75, 3.05) is 0 Å². The van der Waals surface area contributed by atoms with Gasteiger partial charge in [0.2, 0.25) is 0 Å². The van der Waals surface area contributed by atoms with E-state index in [1.165, 1.54) is 22.2 Å². The molecule has 0 amide bonds. The maximum Gasteiger partial charge on any atom is 0.268 e. The number of nitrogens with one attached hydrogen (secondary N) is 1. The molecule has 31 heavy (non-hydrogen) atoms. The quantitative estimate of drug-likeness (QED) is 0.568. The van der Waals surface area contributed by atoms with Crippen molar-refractivity contribution in [1.29, 1.82) is 0 Å². The van der Waals surface area contributed by atoms with E-state index in [4.69, 9.17) is 0 Å². The van der Waals surface area contributed by atoms with Gasteiger partial charge in [-0.1, -0.05) is 17.7 Å². The Morgan fingerprint density at radius 2 is 1.84 bits per heavy atom. The molecule has 0 fully saturated rings. The van der Waals surface area contributed by atoms with Gasteiger partial charge in [-0.05, 0) is 77.3 Å². The minimum absolute atomic E-state index is 0.190. The zero-order valence-electron chi connectivity index (χ0n) is 18.1. The van der Waals surface area contributed by atoms with Gasteiger partial charge < -0.3 is 4.55 Å². The lowest BCUT2D eigenvalue weighted by molar-refractivity contribution is 0.488. The Kier molecular flexibility index (Phi) is 5.70. The zero-order valence-corrected chi connectivity index (χ0v) is 19.7. The number of hydrogen-bond acceptors (Lipinski definition) is 4. The highest BCUT2D eigenvalue weighted by Crippen LogP contribution is 2.41. The molecule has 3 aromatic rings. The van der Waals surface area contributed by atoms with Crippen LogP contribution in [0.25, 0.3) is 10.9 Å². The first-order valence-electron chi connectivity index (χ1n) is 10.3. The van der Waals surface area contributed by atoms with E-state index in [0.717, 1.165) is 17.5 Å². The molecule has 1 heterocycles. The first-order chi connectivity index (χ1) is 14.5. The molecule has 4 rings (SSSR count). The molecule has 0 saturated heterocycles. The number of hydrogen-bond donors (Lipinski definition) is 1. The van der Waals surface area contributed by atoms with Crippen molar-refractivity contribution in [3.8, 4) is 0 Å². The fourth-order valence-electron chi connectivity index (χ4n) is 4.07. The maximum atomic E-state index is 14.2. The molecule has 0 aliphatic heterocycles. The van der Waals surface area contributed by atoms with Crippen molar-refractivity contribution in [2.24, 2.45) is 0 Å². The van der Waals surface area contributed by atoms with Gasteiger partial charge in [0.1, 0.15) is 10.6 Å². The molecule has 0 bridgehead atoms. The van der Waals surface area contributed by atoms with E-state index in [1.807, 2.05) is 27.7 Å². The molecule has 1 aromatic heterocycles. The van der Waals surface area contributed by atoms with Crippen molar-refractivity contribution in [3.63, 3.8) is 0 Å². The summed E-state index contributed by atoms with van der Waals surface area (Å²) in [4.78, 5) is 0.190. The lowest BCUT2D eigenvalue weighted by Gasteiger charge is -2.30. The molecule has 5 nitrogen and oxygen atoms in total. The second-order valence-electron chi connectivity index (χ2n) is 9.05. The summed E-state index contributed by atoms with van der Waals surface area (Å²) in [7, 11) is -3.88. The van der Waals surface area contributed by atoms with Gasteiger partial charge in [0.05, 0.1) is 16.5 Å². The normalized spacial score (nSPS) is 18.2. The number of rotatable bonds is 4. The van der Waals surface area contributed by atoms with Gasteiger partial charge in [0.15, 0.2) is 0 Å². The number of aromatic nitrogens is 1. The number of halogens is 1. The predicted molar refractivity (Wildman–Crippen MR) is 122 cm³/mol. The Balaban J connectivity index is 1.94. The topological polar surface area (TPSA) is 74.2 Å². The molecule has 0 spiro atoms. The van der Waals surface area contributed by atoms with Crippen LogP contribution in [0.1, 0.15) is 56.5 Å².